The van der Waals surface area contributed by atoms with Crippen LogP contribution in [0.1, 0.15) is 10.4 Å². The van der Waals surface area contributed by atoms with Crippen LogP contribution in [0, 0.1) is 0 Å². The molecule has 2 aromatic carbocycles. The van der Waals surface area contributed by atoms with Gasteiger partial charge in [-0.2, -0.15) is 0 Å². The number of para-hydroxylation sites is 2. The Labute approximate surface area is 118 Å². The Morgan fingerprint density at radius 3 is 2.60 bits per heavy atom. The van der Waals surface area contributed by atoms with Crippen molar-refractivity contribution in [3.63, 3.8) is 0 Å². The summed E-state index contributed by atoms with van der Waals surface area (Å²) in [6, 6.07) is 11.6. The highest BCUT2D eigenvalue weighted by Gasteiger charge is 2.16. The molecule has 2 N–H and O–H groups in total. The SMILES string of the molecule is O=C(O)c1cccc2c1[nH]c(=O)n2-c1ccccc1Cl. The van der Waals surface area contributed by atoms with E-state index in [0.29, 0.717) is 16.2 Å². The summed E-state index contributed by atoms with van der Waals surface area (Å²) in [5, 5.41) is 9.56. The molecule has 3 aromatic rings. The number of carbonyl (C=O) groups is 1. The zero-order chi connectivity index (χ0) is 14.3. The number of nitrogens with zero attached hydrogens (tertiary/aromatic N) is 1. The lowest BCUT2D eigenvalue weighted by molar-refractivity contribution is 0.0699. The van der Waals surface area contributed by atoms with E-state index in [1.807, 2.05) is 0 Å². The zero-order valence-corrected chi connectivity index (χ0v) is 10.9. The Kier molecular flexibility index (Phi) is 2.84. The molecule has 0 aliphatic rings. The first kappa shape index (κ1) is 12.5. The first-order chi connectivity index (χ1) is 9.59. The summed E-state index contributed by atoms with van der Waals surface area (Å²) in [6.07, 6.45) is 0. The van der Waals surface area contributed by atoms with Crippen LogP contribution in [0.25, 0.3) is 16.7 Å². The minimum absolute atomic E-state index is 0.0467. The molecule has 5 nitrogen and oxygen atoms in total. The summed E-state index contributed by atoms with van der Waals surface area (Å²) in [5.41, 5.74) is 0.882. The molecule has 0 saturated carbocycles. The van der Waals surface area contributed by atoms with Crippen molar-refractivity contribution in [1.82, 2.24) is 9.55 Å². The fraction of sp³-hybridized carbons (Fsp3) is 0. The Morgan fingerprint density at radius 1 is 1.15 bits per heavy atom. The highest BCUT2D eigenvalue weighted by atomic mass is 35.5. The van der Waals surface area contributed by atoms with E-state index in [0.717, 1.165) is 0 Å². The number of hydrogen-bond acceptors (Lipinski definition) is 2. The first-order valence-electron chi connectivity index (χ1n) is 5.81. The van der Waals surface area contributed by atoms with Crippen molar-refractivity contribution in [3.05, 3.63) is 63.5 Å². The summed E-state index contributed by atoms with van der Waals surface area (Å²) in [6.45, 7) is 0. The first-order valence-corrected chi connectivity index (χ1v) is 6.19. The van der Waals surface area contributed by atoms with Gasteiger partial charge in [0.1, 0.15) is 0 Å². The van der Waals surface area contributed by atoms with Crippen LogP contribution in [0.15, 0.2) is 47.3 Å². The van der Waals surface area contributed by atoms with E-state index in [1.54, 1.807) is 36.4 Å². The van der Waals surface area contributed by atoms with Crippen molar-refractivity contribution in [2.24, 2.45) is 0 Å². The van der Waals surface area contributed by atoms with E-state index in [-0.39, 0.29) is 11.1 Å². The molecule has 0 spiro atoms. The number of carboxylic acids is 1. The molecule has 1 aromatic heterocycles. The summed E-state index contributed by atoms with van der Waals surface area (Å²) in [4.78, 5) is 25.9. The maximum Gasteiger partial charge on any atom is 0.337 e. The van der Waals surface area contributed by atoms with Crippen molar-refractivity contribution in [2.45, 2.75) is 0 Å². The van der Waals surface area contributed by atoms with Crippen molar-refractivity contribution >= 4 is 28.6 Å². The van der Waals surface area contributed by atoms with Gasteiger partial charge >= 0.3 is 11.7 Å². The lowest BCUT2D eigenvalue weighted by Gasteiger charge is -2.05. The molecule has 6 heteroatoms. The van der Waals surface area contributed by atoms with Gasteiger partial charge in [-0.1, -0.05) is 29.8 Å². The summed E-state index contributed by atoms with van der Waals surface area (Å²) in [7, 11) is 0. The van der Waals surface area contributed by atoms with Crippen LogP contribution in [-0.2, 0) is 0 Å². The number of nitrogens with one attached hydrogen (secondary N) is 1. The molecule has 0 fully saturated rings. The number of H-pyrrole nitrogens is 1. The molecule has 0 radical (unpaired) electrons. The number of carboxylic acid groups (broad SMARTS) is 1. The normalized spacial score (nSPS) is 10.8. The Hall–Kier alpha value is -2.53. The van der Waals surface area contributed by atoms with Crippen LogP contribution in [0.4, 0.5) is 0 Å². The molecule has 0 atom stereocenters. The van der Waals surface area contributed by atoms with Gasteiger partial charge in [0.05, 0.1) is 27.3 Å². The average Bonchev–Trinajstić information content (AvgIpc) is 2.75. The number of aromatic nitrogens is 2. The molecule has 0 aliphatic heterocycles. The highest BCUT2D eigenvalue weighted by Crippen LogP contribution is 2.23. The molecule has 0 saturated heterocycles. The number of fused-ring (bicyclic) bond motifs is 1. The zero-order valence-electron chi connectivity index (χ0n) is 10.1. The van der Waals surface area contributed by atoms with E-state index >= 15 is 0 Å². The molecule has 20 heavy (non-hydrogen) atoms. The van der Waals surface area contributed by atoms with Gasteiger partial charge in [0.15, 0.2) is 0 Å². The van der Waals surface area contributed by atoms with Gasteiger partial charge in [-0.15, -0.1) is 0 Å². The van der Waals surface area contributed by atoms with E-state index in [2.05, 4.69) is 4.98 Å². The van der Waals surface area contributed by atoms with Crippen LogP contribution in [-0.4, -0.2) is 20.6 Å². The maximum atomic E-state index is 12.1. The van der Waals surface area contributed by atoms with Crippen LogP contribution < -0.4 is 5.69 Å². The minimum Gasteiger partial charge on any atom is -0.478 e. The average molecular weight is 289 g/mol. The van der Waals surface area contributed by atoms with Crippen molar-refractivity contribution in [2.75, 3.05) is 0 Å². The van der Waals surface area contributed by atoms with Crippen molar-refractivity contribution in [1.29, 1.82) is 0 Å². The van der Waals surface area contributed by atoms with Crippen LogP contribution >= 0.6 is 11.6 Å². The van der Waals surface area contributed by atoms with Gasteiger partial charge in [-0.3, -0.25) is 4.57 Å². The van der Waals surface area contributed by atoms with Gasteiger partial charge in [-0.05, 0) is 24.3 Å². The molecule has 0 aliphatic carbocycles. The summed E-state index contributed by atoms with van der Waals surface area (Å²) < 4.78 is 1.37. The van der Waals surface area contributed by atoms with Crippen LogP contribution in [0.3, 0.4) is 0 Å². The number of aromatic carboxylic acids is 1. The Bertz CT molecular complexity index is 880. The van der Waals surface area contributed by atoms with Crippen LogP contribution in [0.2, 0.25) is 5.02 Å². The van der Waals surface area contributed by atoms with E-state index in [4.69, 9.17) is 16.7 Å². The predicted molar refractivity (Wildman–Crippen MR) is 75.9 cm³/mol. The number of rotatable bonds is 2. The summed E-state index contributed by atoms with van der Waals surface area (Å²) in [5.74, 6) is -1.09. The third-order valence-electron chi connectivity index (χ3n) is 3.04. The third-order valence-corrected chi connectivity index (χ3v) is 3.36. The summed E-state index contributed by atoms with van der Waals surface area (Å²) >= 11 is 6.10. The number of benzene rings is 2. The monoisotopic (exact) mass is 288 g/mol. The van der Waals surface area contributed by atoms with E-state index in [9.17, 15) is 9.59 Å². The smallest absolute Gasteiger partial charge is 0.337 e. The lowest BCUT2D eigenvalue weighted by Crippen LogP contribution is -2.14. The molecular formula is C14H9ClN2O3. The second-order valence-corrected chi connectivity index (χ2v) is 4.63. The predicted octanol–water partition coefficient (Wildman–Crippen LogP) is 2.67. The second-order valence-electron chi connectivity index (χ2n) is 4.22. The molecule has 100 valence electrons. The third kappa shape index (κ3) is 1.80. The maximum absolute atomic E-state index is 12.1. The van der Waals surface area contributed by atoms with E-state index < -0.39 is 11.7 Å². The largest absolute Gasteiger partial charge is 0.478 e. The van der Waals surface area contributed by atoms with Gasteiger partial charge in [0.25, 0.3) is 0 Å². The van der Waals surface area contributed by atoms with Crippen molar-refractivity contribution < 1.29 is 9.90 Å². The standard InChI is InChI=1S/C14H9ClN2O3/c15-9-5-1-2-6-10(9)17-11-7-3-4-8(13(18)19)12(11)16-14(17)20/h1-7H,(H,16,20)(H,18,19). The van der Waals surface area contributed by atoms with Gasteiger partial charge < -0.3 is 10.1 Å². The molecule has 3 rings (SSSR count). The highest BCUT2D eigenvalue weighted by molar-refractivity contribution is 6.32. The number of halogens is 1. The topological polar surface area (TPSA) is 75.1 Å². The number of imidazole rings is 1. The molecular weight excluding hydrogens is 280 g/mol. The quantitative estimate of drug-likeness (QED) is 0.761. The lowest BCUT2D eigenvalue weighted by atomic mass is 10.2. The van der Waals surface area contributed by atoms with Gasteiger partial charge in [-0.25, -0.2) is 9.59 Å². The molecule has 0 amide bonds. The number of hydrogen-bond donors (Lipinski definition) is 2. The van der Waals surface area contributed by atoms with Gasteiger partial charge in [0.2, 0.25) is 0 Å². The van der Waals surface area contributed by atoms with Crippen LogP contribution in [0.5, 0.6) is 0 Å². The minimum atomic E-state index is -1.09. The second kappa shape index (κ2) is 4.54. The molecule has 0 unspecified atom stereocenters. The van der Waals surface area contributed by atoms with Crippen molar-refractivity contribution in [3.8, 4) is 5.69 Å². The fourth-order valence-electron chi connectivity index (χ4n) is 2.18. The molecule has 0 bridgehead atoms. The Balaban J connectivity index is 2.42. The fourth-order valence-corrected chi connectivity index (χ4v) is 2.40. The van der Waals surface area contributed by atoms with Gasteiger partial charge in [0, 0.05) is 0 Å². The van der Waals surface area contributed by atoms with E-state index in [1.165, 1.54) is 10.6 Å². The Morgan fingerprint density at radius 2 is 1.90 bits per heavy atom. The number of aromatic amines is 1. The molecule has 1 heterocycles.